The number of carbonyl (C=O) groups excluding carboxylic acids is 1. The average molecular weight is 572 g/mol. The van der Waals surface area contributed by atoms with Crippen molar-refractivity contribution in [3.63, 3.8) is 0 Å². The van der Waals surface area contributed by atoms with Crippen molar-refractivity contribution in [3.05, 3.63) is 57.0 Å². The fraction of sp³-hybridized carbons (Fsp3) is 0.455. The zero-order valence-electron chi connectivity index (χ0n) is 18.3. The number of alkyl halides is 2. The Labute approximate surface area is 221 Å². The SMILES string of the molecule is Cl.O=C(O[C@@H](Cc1c(Cl)c[n+]([O-])cc1Cl)c1ccc(OC(F)F)c(OCC2CC2)c1)[C@H]1NCCS1. The number of esters is 1. The number of halogens is 5. The van der Waals surface area contributed by atoms with E-state index in [1.165, 1.54) is 30.0 Å². The topological polar surface area (TPSA) is 83.7 Å². The molecule has 1 saturated heterocycles. The van der Waals surface area contributed by atoms with Gasteiger partial charge >= 0.3 is 12.6 Å². The number of benzene rings is 1. The Bertz CT molecular complexity index is 1020. The second kappa shape index (κ2) is 12.5. The lowest BCUT2D eigenvalue weighted by molar-refractivity contribution is -0.605. The molecule has 0 radical (unpaired) electrons. The molecule has 192 valence electrons. The van der Waals surface area contributed by atoms with Crippen LogP contribution in [-0.2, 0) is 16.0 Å². The van der Waals surface area contributed by atoms with Gasteiger partial charge in [0.25, 0.3) is 0 Å². The molecule has 1 aromatic heterocycles. The molecule has 35 heavy (non-hydrogen) atoms. The summed E-state index contributed by atoms with van der Waals surface area (Å²) < 4.78 is 42.5. The zero-order valence-corrected chi connectivity index (χ0v) is 21.4. The smallest absolute Gasteiger partial charge is 0.387 e. The summed E-state index contributed by atoms with van der Waals surface area (Å²) in [4.78, 5) is 12.8. The molecule has 1 N–H and O–H groups in total. The second-order valence-corrected chi connectivity index (χ2v) is 9.99. The summed E-state index contributed by atoms with van der Waals surface area (Å²) in [6.45, 7) is -1.97. The third kappa shape index (κ3) is 7.63. The second-order valence-electron chi connectivity index (χ2n) is 7.97. The van der Waals surface area contributed by atoms with Gasteiger partial charge in [0.05, 0.1) is 6.61 Å². The summed E-state index contributed by atoms with van der Waals surface area (Å²) in [5.74, 6) is 0.677. The summed E-state index contributed by atoms with van der Waals surface area (Å²) in [5.41, 5.74) is 0.892. The first-order valence-electron chi connectivity index (χ1n) is 10.6. The van der Waals surface area contributed by atoms with Crippen molar-refractivity contribution in [1.82, 2.24) is 5.32 Å². The molecule has 4 rings (SSSR count). The van der Waals surface area contributed by atoms with Gasteiger partial charge in [0.1, 0.15) is 16.1 Å². The van der Waals surface area contributed by atoms with E-state index in [1.807, 2.05) is 0 Å². The maximum atomic E-state index is 12.9. The van der Waals surface area contributed by atoms with Crippen molar-refractivity contribution >= 4 is 53.3 Å². The predicted octanol–water partition coefficient (Wildman–Crippen LogP) is 4.93. The molecule has 1 aliphatic carbocycles. The van der Waals surface area contributed by atoms with Crippen LogP contribution in [0.5, 0.6) is 11.5 Å². The summed E-state index contributed by atoms with van der Waals surface area (Å²) in [6, 6.07) is 4.39. The van der Waals surface area contributed by atoms with Crippen LogP contribution < -0.4 is 19.5 Å². The summed E-state index contributed by atoms with van der Waals surface area (Å²) in [7, 11) is 0. The summed E-state index contributed by atoms with van der Waals surface area (Å²) in [5, 5.41) is 14.4. The van der Waals surface area contributed by atoms with E-state index in [1.54, 1.807) is 0 Å². The predicted molar refractivity (Wildman–Crippen MR) is 131 cm³/mol. The van der Waals surface area contributed by atoms with Crippen LogP contribution in [-0.4, -0.2) is 36.9 Å². The molecule has 2 atom stereocenters. The van der Waals surface area contributed by atoms with Crippen molar-refractivity contribution in [1.29, 1.82) is 0 Å². The molecule has 0 spiro atoms. The van der Waals surface area contributed by atoms with Gasteiger partial charge in [-0.05, 0) is 36.5 Å². The molecule has 2 heterocycles. The van der Waals surface area contributed by atoms with Gasteiger partial charge in [0, 0.05) is 24.3 Å². The van der Waals surface area contributed by atoms with Crippen LogP contribution in [0.25, 0.3) is 0 Å². The van der Waals surface area contributed by atoms with E-state index in [9.17, 15) is 18.8 Å². The van der Waals surface area contributed by atoms with Crippen molar-refractivity contribution in [3.8, 4) is 11.5 Å². The lowest BCUT2D eigenvalue weighted by Crippen LogP contribution is -2.32. The van der Waals surface area contributed by atoms with Gasteiger partial charge in [-0.3, -0.25) is 5.32 Å². The van der Waals surface area contributed by atoms with Crippen LogP contribution in [0.2, 0.25) is 10.0 Å². The van der Waals surface area contributed by atoms with Crippen LogP contribution in [0.3, 0.4) is 0 Å². The quantitative estimate of drug-likeness (QED) is 0.246. The van der Waals surface area contributed by atoms with Gasteiger partial charge in [0.2, 0.25) is 0 Å². The number of hydrogen-bond donors (Lipinski definition) is 1. The summed E-state index contributed by atoms with van der Waals surface area (Å²) >= 11 is 13.9. The number of rotatable bonds is 10. The highest BCUT2D eigenvalue weighted by atomic mass is 35.5. The van der Waals surface area contributed by atoms with Gasteiger partial charge in [-0.2, -0.15) is 13.5 Å². The van der Waals surface area contributed by atoms with Crippen LogP contribution in [0.4, 0.5) is 8.78 Å². The van der Waals surface area contributed by atoms with Crippen molar-refractivity contribution in [2.75, 3.05) is 18.9 Å². The van der Waals surface area contributed by atoms with Crippen molar-refractivity contribution < 1.29 is 32.5 Å². The standard InChI is InChI=1S/C22H22Cl2F2N2O5S.ClH/c23-15-9-28(30)10-16(24)14(15)8-18(32-21(29)20-27-5-6-34-20)13-3-4-17(33-22(25)26)19(7-13)31-11-12-1-2-12;/h3-4,7,9-10,12,18,20,22,27H,1-2,5-6,8,11H2;1H/t18-,20-;/m0./s1. The van der Waals surface area contributed by atoms with Gasteiger partial charge in [0.15, 0.2) is 29.3 Å². The highest BCUT2D eigenvalue weighted by Crippen LogP contribution is 2.38. The molecule has 1 aromatic carbocycles. The molecule has 0 unspecified atom stereocenters. The first kappa shape index (κ1) is 27.9. The minimum atomic E-state index is -3.02. The largest absolute Gasteiger partial charge is 0.619 e. The first-order valence-corrected chi connectivity index (χ1v) is 12.4. The van der Waals surface area contributed by atoms with Gasteiger partial charge < -0.3 is 19.4 Å². The average Bonchev–Trinajstić information content (AvgIpc) is 3.44. The van der Waals surface area contributed by atoms with Crippen LogP contribution >= 0.6 is 47.4 Å². The van der Waals surface area contributed by atoms with Crippen LogP contribution in [0.1, 0.15) is 30.1 Å². The molecule has 2 aliphatic rings. The molecule has 1 saturated carbocycles. The number of hydrogen-bond acceptors (Lipinski definition) is 7. The van der Waals surface area contributed by atoms with Crippen LogP contribution in [0, 0.1) is 11.1 Å². The maximum absolute atomic E-state index is 12.9. The molecule has 7 nitrogen and oxygen atoms in total. The van der Waals surface area contributed by atoms with Gasteiger partial charge in [-0.15, -0.1) is 24.2 Å². The van der Waals surface area contributed by atoms with Crippen LogP contribution in [0.15, 0.2) is 30.6 Å². The van der Waals surface area contributed by atoms with E-state index in [0.717, 1.165) is 31.0 Å². The minimum Gasteiger partial charge on any atom is -0.619 e. The highest BCUT2D eigenvalue weighted by molar-refractivity contribution is 8.00. The number of pyridine rings is 1. The molecule has 2 fully saturated rings. The lowest BCUT2D eigenvalue weighted by atomic mass is 10.0. The Hall–Kier alpha value is -1.72. The Balaban J connectivity index is 0.00000342. The Kier molecular flexibility index (Phi) is 9.94. The minimum absolute atomic E-state index is 0. The van der Waals surface area contributed by atoms with E-state index < -0.39 is 24.1 Å². The fourth-order valence-corrected chi connectivity index (χ4v) is 4.94. The molecular formula is C22H23Cl3F2N2O5S. The third-order valence-electron chi connectivity index (χ3n) is 5.36. The van der Waals surface area contributed by atoms with E-state index in [4.69, 9.17) is 32.7 Å². The van der Waals surface area contributed by atoms with Gasteiger partial charge in [-0.25, -0.2) is 4.79 Å². The highest BCUT2D eigenvalue weighted by Gasteiger charge is 2.30. The first-order chi connectivity index (χ1) is 16.3. The number of nitrogens with zero attached hydrogens (tertiary/aromatic N) is 1. The number of ether oxygens (including phenoxy) is 3. The van der Waals surface area contributed by atoms with E-state index in [2.05, 4.69) is 10.1 Å². The fourth-order valence-electron chi connectivity index (χ4n) is 3.44. The number of carbonyl (C=O) groups is 1. The molecule has 1 aliphatic heterocycles. The maximum Gasteiger partial charge on any atom is 0.387 e. The normalized spacial score (nSPS) is 18.1. The molecule has 0 amide bonds. The van der Waals surface area contributed by atoms with Gasteiger partial charge in [-0.1, -0.05) is 29.3 Å². The summed E-state index contributed by atoms with van der Waals surface area (Å²) in [6.07, 6.45) is 3.51. The number of nitrogens with one attached hydrogen (secondary N) is 1. The zero-order chi connectivity index (χ0) is 24.2. The Morgan fingerprint density at radius 3 is 2.54 bits per heavy atom. The van der Waals surface area contributed by atoms with Crippen molar-refractivity contribution in [2.24, 2.45) is 5.92 Å². The number of thioether (sulfide) groups is 1. The van der Waals surface area contributed by atoms with E-state index in [0.29, 0.717) is 34.9 Å². The molecule has 13 heteroatoms. The van der Waals surface area contributed by atoms with E-state index in [-0.39, 0.29) is 40.4 Å². The monoisotopic (exact) mass is 570 g/mol. The lowest BCUT2D eigenvalue weighted by Gasteiger charge is -2.22. The molecule has 2 aromatic rings. The molecule has 0 bridgehead atoms. The third-order valence-corrected chi connectivity index (χ3v) is 7.15. The Morgan fingerprint density at radius 1 is 1.23 bits per heavy atom. The molecular weight excluding hydrogens is 549 g/mol. The number of aromatic nitrogens is 1. The Morgan fingerprint density at radius 2 is 1.94 bits per heavy atom. The van der Waals surface area contributed by atoms with Crippen molar-refractivity contribution in [2.45, 2.75) is 37.4 Å². The van der Waals surface area contributed by atoms with E-state index >= 15 is 0 Å².